The van der Waals surface area contributed by atoms with E-state index in [-0.39, 0.29) is 25.7 Å². The molecule has 0 aromatic carbocycles. The largest absolute Gasteiger partial charge is 0.472 e. The Balaban J connectivity index is 5.25. The van der Waals surface area contributed by atoms with Gasteiger partial charge in [0.2, 0.25) is 0 Å². The van der Waals surface area contributed by atoms with Gasteiger partial charge in [-0.3, -0.25) is 37.3 Å². The molecular formula is C66H128O17P2. The summed E-state index contributed by atoms with van der Waals surface area (Å²) in [5.41, 5.74) is 0. The molecule has 504 valence electrons. The monoisotopic (exact) mass is 1250 g/mol. The molecule has 17 nitrogen and oxygen atoms in total. The Hall–Kier alpha value is -1.94. The second-order valence-electron chi connectivity index (χ2n) is 25.1. The van der Waals surface area contributed by atoms with Crippen molar-refractivity contribution in [2.45, 2.75) is 337 Å². The SMILES string of the molecule is CCC(C)CCCCCCCCCCCCC(=O)OC[C@H](COP(=O)(O)OCC(O)COP(=O)(O)OC[C@@H](COC(=O)CCCCCCCCCCC(C)C)OC(=O)CCCCCCCCC(C)CC)OC(=O)CCCCCCCCC(C)CC. The van der Waals surface area contributed by atoms with Crippen LogP contribution in [0.1, 0.15) is 319 Å². The normalized spacial score (nSPS) is 15.3. The van der Waals surface area contributed by atoms with Crippen LogP contribution in [0.15, 0.2) is 0 Å². The number of esters is 4. The highest BCUT2D eigenvalue weighted by atomic mass is 31.2. The molecule has 6 unspecified atom stereocenters. The fraction of sp³-hybridized carbons (Fsp3) is 0.939. The Bertz CT molecular complexity index is 1700. The molecule has 0 fully saturated rings. The molecule has 0 saturated carbocycles. The van der Waals surface area contributed by atoms with Gasteiger partial charge in [-0.05, 0) is 49.4 Å². The van der Waals surface area contributed by atoms with E-state index in [4.69, 9.17) is 37.0 Å². The molecule has 0 saturated heterocycles. The number of unbranched alkanes of at least 4 members (excludes halogenated alkanes) is 26. The highest BCUT2D eigenvalue weighted by Gasteiger charge is 2.30. The first-order valence-electron chi connectivity index (χ1n) is 34.3. The minimum Gasteiger partial charge on any atom is -0.462 e. The van der Waals surface area contributed by atoms with Gasteiger partial charge in [0.05, 0.1) is 26.4 Å². The summed E-state index contributed by atoms with van der Waals surface area (Å²) in [5.74, 6) is 0.836. The van der Waals surface area contributed by atoms with E-state index in [9.17, 15) is 43.2 Å². The smallest absolute Gasteiger partial charge is 0.462 e. The van der Waals surface area contributed by atoms with Gasteiger partial charge in [0.25, 0.3) is 0 Å². The second-order valence-corrected chi connectivity index (χ2v) is 28.0. The molecule has 0 heterocycles. The van der Waals surface area contributed by atoms with Gasteiger partial charge in [0, 0.05) is 25.7 Å². The quantitative estimate of drug-likeness (QED) is 0.0222. The van der Waals surface area contributed by atoms with Gasteiger partial charge in [0.15, 0.2) is 12.2 Å². The highest BCUT2D eigenvalue weighted by Crippen LogP contribution is 2.45. The van der Waals surface area contributed by atoms with Gasteiger partial charge < -0.3 is 33.8 Å². The van der Waals surface area contributed by atoms with E-state index in [2.05, 4.69) is 55.4 Å². The Kier molecular flexibility index (Phi) is 54.8. The van der Waals surface area contributed by atoms with Crippen LogP contribution in [-0.2, 0) is 65.4 Å². The average molecular weight is 1260 g/mol. The van der Waals surface area contributed by atoms with Crippen LogP contribution >= 0.6 is 15.6 Å². The molecule has 0 rings (SSSR count). The zero-order chi connectivity index (χ0) is 63.2. The molecule has 0 spiro atoms. The third kappa shape index (κ3) is 57.0. The average Bonchev–Trinajstić information content (AvgIpc) is 3.48. The lowest BCUT2D eigenvalue weighted by Gasteiger charge is -2.21. The fourth-order valence-corrected chi connectivity index (χ4v) is 11.3. The van der Waals surface area contributed by atoms with Gasteiger partial charge in [-0.25, -0.2) is 9.13 Å². The number of aliphatic hydroxyl groups is 1. The molecule has 0 aromatic heterocycles. The number of carbonyl (C=O) groups is 4. The zero-order valence-corrected chi connectivity index (χ0v) is 57.0. The first kappa shape index (κ1) is 83.1. The minimum absolute atomic E-state index is 0.102. The first-order valence-corrected chi connectivity index (χ1v) is 37.3. The van der Waals surface area contributed by atoms with Crippen molar-refractivity contribution in [2.24, 2.45) is 23.7 Å². The molecule has 0 aliphatic rings. The summed E-state index contributed by atoms with van der Waals surface area (Å²) in [7, 11) is -9.89. The van der Waals surface area contributed by atoms with E-state index in [1.54, 1.807) is 0 Å². The molecule has 19 heteroatoms. The topological polar surface area (TPSA) is 237 Å². The third-order valence-electron chi connectivity index (χ3n) is 16.2. The van der Waals surface area contributed by atoms with Gasteiger partial charge in [-0.1, -0.05) is 267 Å². The molecule has 8 atom stereocenters. The lowest BCUT2D eigenvalue weighted by atomic mass is 9.99. The number of rotatable bonds is 63. The first-order chi connectivity index (χ1) is 40.7. The summed E-state index contributed by atoms with van der Waals surface area (Å²) in [6.07, 6.45) is 36.2. The fourth-order valence-electron chi connectivity index (χ4n) is 9.69. The van der Waals surface area contributed by atoms with E-state index in [1.807, 2.05) is 0 Å². The Morgan fingerprint density at radius 2 is 0.565 bits per heavy atom. The lowest BCUT2D eigenvalue weighted by molar-refractivity contribution is -0.161. The van der Waals surface area contributed by atoms with Crippen molar-refractivity contribution in [3.05, 3.63) is 0 Å². The molecule has 3 N–H and O–H groups in total. The van der Waals surface area contributed by atoms with Crippen molar-refractivity contribution < 1.29 is 80.2 Å². The van der Waals surface area contributed by atoms with Crippen molar-refractivity contribution in [1.29, 1.82) is 0 Å². The van der Waals surface area contributed by atoms with Gasteiger partial charge in [-0.15, -0.1) is 0 Å². The third-order valence-corrected chi connectivity index (χ3v) is 18.1. The molecule has 0 aliphatic heterocycles. The van der Waals surface area contributed by atoms with Crippen LogP contribution in [-0.4, -0.2) is 96.7 Å². The Morgan fingerprint density at radius 3 is 0.835 bits per heavy atom. The maximum absolute atomic E-state index is 13.0. The number of aliphatic hydroxyl groups excluding tert-OH is 1. The molecule has 0 amide bonds. The van der Waals surface area contributed by atoms with Crippen molar-refractivity contribution in [1.82, 2.24) is 0 Å². The van der Waals surface area contributed by atoms with E-state index in [0.717, 1.165) is 114 Å². The van der Waals surface area contributed by atoms with E-state index in [1.165, 1.54) is 122 Å². The Morgan fingerprint density at radius 1 is 0.329 bits per heavy atom. The summed E-state index contributed by atoms with van der Waals surface area (Å²) in [6.45, 7) is 14.0. The number of phosphoric ester groups is 2. The van der Waals surface area contributed by atoms with Crippen molar-refractivity contribution >= 4 is 39.5 Å². The standard InChI is InChI=1S/C66H128O17P2/c1-9-57(6)43-35-27-19-14-12-13-15-20-30-38-46-63(68)76-52-61(82-65(70)48-40-32-24-22-28-36-44-58(7)10-2)54-80-84(72,73)78-50-60(67)51-79-85(74,75)81-55-62(83-66(71)49-41-33-25-23-29-37-45-59(8)11-3)53-77-64(69)47-39-31-21-17-16-18-26-34-42-56(4)5/h56-62,67H,9-55H2,1-8H3,(H,72,73)(H,74,75)/t57?,58?,59?,60?,61-,62-/m1/s1. The van der Waals surface area contributed by atoms with Gasteiger partial charge in [0.1, 0.15) is 19.3 Å². The van der Waals surface area contributed by atoms with Crippen LogP contribution in [0.4, 0.5) is 0 Å². The summed E-state index contributed by atoms with van der Waals surface area (Å²) in [4.78, 5) is 72.3. The summed E-state index contributed by atoms with van der Waals surface area (Å²) >= 11 is 0. The number of hydrogen-bond acceptors (Lipinski definition) is 15. The van der Waals surface area contributed by atoms with Crippen LogP contribution in [0.25, 0.3) is 0 Å². The van der Waals surface area contributed by atoms with Crippen LogP contribution in [0.3, 0.4) is 0 Å². The highest BCUT2D eigenvalue weighted by molar-refractivity contribution is 7.47. The minimum atomic E-state index is -4.95. The van der Waals surface area contributed by atoms with E-state index < -0.39 is 97.5 Å². The van der Waals surface area contributed by atoms with Crippen LogP contribution < -0.4 is 0 Å². The second kappa shape index (κ2) is 56.1. The van der Waals surface area contributed by atoms with E-state index >= 15 is 0 Å². The Labute approximate surface area is 517 Å². The number of phosphoric acid groups is 2. The predicted octanol–water partition coefficient (Wildman–Crippen LogP) is 18.1. The zero-order valence-electron chi connectivity index (χ0n) is 55.2. The van der Waals surface area contributed by atoms with Crippen molar-refractivity contribution in [2.75, 3.05) is 39.6 Å². The van der Waals surface area contributed by atoms with E-state index in [0.29, 0.717) is 25.7 Å². The van der Waals surface area contributed by atoms with Crippen molar-refractivity contribution in [3.8, 4) is 0 Å². The summed E-state index contributed by atoms with van der Waals surface area (Å²) in [5, 5.41) is 10.5. The van der Waals surface area contributed by atoms with Gasteiger partial charge in [-0.2, -0.15) is 0 Å². The van der Waals surface area contributed by atoms with Crippen molar-refractivity contribution in [3.63, 3.8) is 0 Å². The summed E-state index contributed by atoms with van der Waals surface area (Å²) in [6, 6.07) is 0. The molecule has 85 heavy (non-hydrogen) atoms. The molecule has 0 aliphatic carbocycles. The number of carbonyl (C=O) groups excluding carboxylic acids is 4. The number of hydrogen-bond donors (Lipinski definition) is 3. The predicted molar refractivity (Wildman–Crippen MR) is 340 cm³/mol. The molecule has 0 aromatic rings. The number of ether oxygens (including phenoxy) is 4. The molecule has 0 radical (unpaired) electrons. The van der Waals surface area contributed by atoms with Crippen LogP contribution in [0, 0.1) is 23.7 Å². The summed E-state index contributed by atoms with van der Waals surface area (Å²) < 4.78 is 68.1. The molecule has 0 bridgehead atoms. The maximum atomic E-state index is 13.0. The maximum Gasteiger partial charge on any atom is 0.472 e. The van der Waals surface area contributed by atoms with Gasteiger partial charge >= 0.3 is 39.5 Å². The lowest BCUT2D eigenvalue weighted by Crippen LogP contribution is -2.30. The van der Waals surface area contributed by atoms with Crippen LogP contribution in [0.5, 0.6) is 0 Å². The molecular weight excluding hydrogens is 1130 g/mol. The van der Waals surface area contributed by atoms with Crippen LogP contribution in [0.2, 0.25) is 0 Å².